The lowest BCUT2D eigenvalue weighted by Gasteiger charge is -2.29. The first-order chi connectivity index (χ1) is 20.4. The summed E-state index contributed by atoms with van der Waals surface area (Å²) in [5.41, 5.74) is 6.36. The molecule has 2 heterocycles. The van der Waals surface area contributed by atoms with Crippen molar-refractivity contribution < 1.29 is 12.8 Å². The van der Waals surface area contributed by atoms with Crippen molar-refractivity contribution in [1.82, 2.24) is 14.7 Å². The van der Waals surface area contributed by atoms with Crippen LogP contribution in [0.25, 0.3) is 5.69 Å². The highest BCUT2D eigenvalue weighted by atomic mass is 32.2. The number of aromatic nitrogens is 2. The van der Waals surface area contributed by atoms with Gasteiger partial charge in [0.05, 0.1) is 22.5 Å². The Hall–Kier alpha value is -3.49. The number of nitrogens with one attached hydrogen (secondary N) is 1. The Bertz CT molecular complexity index is 1650. The van der Waals surface area contributed by atoms with Crippen molar-refractivity contribution in [3.63, 3.8) is 0 Å². The number of hydrogen-bond acceptors (Lipinski definition) is 4. The number of aryl methyl sites for hydroxylation is 1. The highest BCUT2D eigenvalue weighted by Crippen LogP contribution is 2.30. The van der Waals surface area contributed by atoms with Crippen LogP contribution >= 0.6 is 0 Å². The summed E-state index contributed by atoms with van der Waals surface area (Å²) in [6.45, 7) is 4.41. The molecule has 0 saturated heterocycles. The lowest BCUT2D eigenvalue weighted by atomic mass is 9.98. The Labute approximate surface area is 248 Å². The molecule has 8 heteroatoms. The first-order valence-corrected chi connectivity index (χ1v) is 16.6. The van der Waals surface area contributed by atoms with Gasteiger partial charge in [-0.1, -0.05) is 62.4 Å². The highest BCUT2D eigenvalue weighted by molar-refractivity contribution is 7.92. The fourth-order valence-electron chi connectivity index (χ4n) is 6.45. The van der Waals surface area contributed by atoms with Crippen LogP contribution in [0.5, 0.6) is 0 Å². The second kappa shape index (κ2) is 12.4. The summed E-state index contributed by atoms with van der Waals surface area (Å²) in [7, 11) is -3.92. The van der Waals surface area contributed by atoms with E-state index >= 15 is 0 Å². The lowest BCUT2D eigenvalue weighted by molar-refractivity contribution is 0.245. The summed E-state index contributed by atoms with van der Waals surface area (Å²) in [5, 5.41) is 4.60. The number of fused-ring (bicyclic) bond motifs is 1. The van der Waals surface area contributed by atoms with Gasteiger partial charge in [0.2, 0.25) is 0 Å². The quantitative estimate of drug-likeness (QED) is 0.214. The van der Waals surface area contributed by atoms with Crippen LogP contribution in [-0.2, 0) is 36.0 Å². The van der Waals surface area contributed by atoms with Gasteiger partial charge in [0.25, 0.3) is 10.0 Å². The molecule has 1 aliphatic heterocycles. The third-order valence-electron chi connectivity index (χ3n) is 8.92. The maximum absolute atomic E-state index is 14.9. The van der Waals surface area contributed by atoms with Gasteiger partial charge in [0.15, 0.2) is 0 Å². The van der Waals surface area contributed by atoms with E-state index in [0.29, 0.717) is 0 Å². The summed E-state index contributed by atoms with van der Waals surface area (Å²) in [6.07, 6.45) is 11.0. The second-order valence-corrected chi connectivity index (χ2v) is 13.5. The van der Waals surface area contributed by atoms with E-state index < -0.39 is 15.8 Å². The van der Waals surface area contributed by atoms with Crippen molar-refractivity contribution >= 4 is 15.7 Å². The van der Waals surface area contributed by atoms with Crippen molar-refractivity contribution in [3.05, 3.63) is 107 Å². The number of sulfonamides is 1. The van der Waals surface area contributed by atoms with Crippen LogP contribution in [0.15, 0.2) is 77.8 Å². The third-order valence-corrected chi connectivity index (χ3v) is 10.3. The van der Waals surface area contributed by atoms with Gasteiger partial charge in [-0.25, -0.2) is 17.5 Å². The minimum Gasteiger partial charge on any atom is -0.294 e. The molecule has 6 nitrogen and oxygen atoms in total. The van der Waals surface area contributed by atoms with Crippen LogP contribution in [0.1, 0.15) is 66.5 Å². The molecule has 42 heavy (non-hydrogen) atoms. The van der Waals surface area contributed by atoms with Gasteiger partial charge in [-0.3, -0.25) is 9.62 Å². The van der Waals surface area contributed by atoms with Crippen LogP contribution in [0.4, 0.5) is 10.1 Å². The lowest BCUT2D eigenvalue weighted by Crippen LogP contribution is -2.30. The van der Waals surface area contributed by atoms with Gasteiger partial charge < -0.3 is 0 Å². The number of rotatable bonds is 10. The van der Waals surface area contributed by atoms with Gasteiger partial charge in [0.1, 0.15) is 5.82 Å². The van der Waals surface area contributed by atoms with E-state index in [4.69, 9.17) is 0 Å². The molecule has 1 aliphatic carbocycles. The topological polar surface area (TPSA) is 67.2 Å². The van der Waals surface area contributed by atoms with Crippen molar-refractivity contribution in [1.29, 1.82) is 0 Å². The van der Waals surface area contributed by atoms with Crippen LogP contribution in [0, 0.1) is 18.7 Å². The molecule has 4 aromatic rings. The van der Waals surface area contributed by atoms with Crippen LogP contribution in [-0.4, -0.2) is 29.6 Å². The molecule has 0 bridgehead atoms. The standard InChI is InChI=1S/C34H39FN4O2S/c1-25-30(22-36-39(25)31-12-3-2-4-13-31)24-38-19-18-28-21-32(16-15-29(28)23-38)42(40,41)37-34-17-14-27(20-33(34)35)11-7-10-26-8-5-6-9-26/h2-4,12-17,20-22,26,37H,5-11,18-19,23-24H2,1H3. The van der Waals surface area contributed by atoms with E-state index in [0.717, 1.165) is 72.9 Å². The molecular weight excluding hydrogens is 547 g/mol. The molecule has 1 saturated carbocycles. The van der Waals surface area contributed by atoms with Crippen molar-refractivity contribution in [2.75, 3.05) is 11.3 Å². The van der Waals surface area contributed by atoms with E-state index in [1.165, 1.54) is 43.7 Å². The maximum atomic E-state index is 14.9. The zero-order valence-corrected chi connectivity index (χ0v) is 25.0. The van der Waals surface area contributed by atoms with E-state index in [1.807, 2.05) is 53.3 Å². The van der Waals surface area contributed by atoms with E-state index in [1.54, 1.807) is 18.2 Å². The Morgan fingerprint density at radius 1 is 1.00 bits per heavy atom. The normalized spacial score (nSPS) is 16.0. The molecule has 3 aromatic carbocycles. The summed E-state index contributed by atoms with van der Waals surface area (Å²) in [5.74, 6) is 0.284. The zero-order chi connectivity index (χ0) is 29.1. The average Bonchev–Trinajstić information content (AvgIpc) is 3.64. The van der Waals surface area contributed by atoms with E-state index in [-0.39, 0.29) is 10.6 Å². The number of anilines is 1. The Kier molecular flexibility index (Phi) is 8.45. The Morgan fingerprint density at radius 2 is 1.81 bits per heavy atom. The second-order valence-electron chi connectivity index (χ2n) is 11.9. The number of nitrogens with zero attached hydrogens (tertiary/aromatic N) is 3. The van der Waals surface area contributed by atoms with E-state index in [9.17, 15) is 12.8 Å². The minimum atomic E-state index is -3.92. The molecule has 2 aliphatic rings. The van der Waals surface area contributed by atoms with Crippen LogP contribution < -0.4 is 4.72 Å². The molecule has 0 amide bonds. The maximum Gasteiger partial charge on any atom is 0.261 e. The Balaban J connectivity index is 1.08. The van der Waals surface area contributed by atoms with Gasteiger partial charge in [-0.15, -0.1) is 0 Å². The zero-order valence-electron chi connectivity index (χ0n) is 24.2. The molecule has 0 unspecified atom stereocenters. The number of benzene rings is 3. The monoisotopic (exact) mass is 586 g/mol. The summed E-state index contributed by atoms with van der Waals surface area (Å²) >= 11 is 0. The first kappa shape index (κ1) is 28.6. The number of hydrogen-bond donors (Lipinski definition) is 1. The molecule has 0 atom stereocenters. The van der Waals surface area contributed by atoms with Gasteiger partial charge in [-0.05, 0) is 85.2 Å². The van der Waals surface area contributed by atoms with Gasteiger partial charge in [-0.2, -0.15) is 5.10 Å². The van der Waals surface area contributed by atoms with Gasteiger partial charge >= 0.3 is 0 Å². The molecule has 0 spiro atoms. The first-order valence-electron chi connectivity index (χ1n) is 15.1. The highest BCUT2D eigenvalue weighted by Gasteiger charge is 2.23. The molecular formula is C34H39FN4O2S. The minimum absolute atomic E-state index is 0.00939. The van der Waals surface area contributed by atoms with Gasteiger partial charge in [0, 0.05) is 30.9 Å². The molecule has 1 fully saturated rings. The number of halogens is 1. The van der Waals surface area contributed by atoms with Crippen molar-refractivity contribution in [3.8, 4) is 5.69 Å². The molecule has 0 radical (unpaired) electrons. The molecule has 1 aromatic heterocycles. The third kappa shape index (κ3) is 6.45. The van der Waals surface area contributed by atoms with E-state index in [2.05, 4.69) is 21.6 Å². The van der Waals surface area contributed by atoms with Crippen molar-refractivity contribution in [2.45, 2.75) is 76.3 Å². The molecule has 1 N–H and O–H groups in total. The van der Waals surface area contributed by atoms with Crippen molar-refractivity contribution in [2.24, 2.45) is 5.92 Å². The fraction of sp³-hybridized carbons (Fsp3) is 0.382. The largest absolute Gasteiger partial charge is 0.294 e. The Morgan fingerprint density at radius 3 is 2.60 bits per heavy atom. The molecule has 220 valence electrons. The average molecular weight is 587 g/mol. The summed E-state index contributed by atoms with van der Waals surface area (Å²) in [6, 6.07) is 20.2. The number of para-hydroxylation sites is 1. The summed E-state index contributed by atoms with van der Waals surface area (Å²) in [4.78, 5) is 2.52. The predicted molar refractivity (Wildman–Crippen MR) is 165 cm³/mol. The van der Waals surface area contributed by atoms with Crippen LogP contribution in [0.2, 0.25) is 0 Å². The molecule has 6 rings (SSSR count). The fourth-order valence-corrected chi connectivity index (χ4v) is 7.57. The smallest absolute Gasteiger partial charge is 0.261 e. The predicted octanol–water partition coefficient (Wildman–Crippen LogP) is 7.19. The van der Waals surface area contributed by atoms with Crippen LogP contribution in [0.3, 0.4) is 0 Å². The SMILES string of the molecule is Cc1c(CN2CCc3cc(S(=O)(=O)Nc4ccc(CCCC5CCCC5)cc4F)ccc3C2)cnn1-c1ccccc1. The summed E-state index contributed by atoms with van der Waals surface area (Å²) < 4.78 is 45.8.